The Morgan fingerprint density at radius 3 is 2.51 bits per heavy atom. The summed E-state index contributed by atoms with van der Waals surface area (Å²) >= 11 is 6.36. The molecule has 0 aliphatic heterocycles. The van der Waals surface area contributed by atoms with Crippen molar-refractivity contribution in [2.75, 3.05) is 13.7 Å². The number of imidazole rings is 1. The lowest BCUT2D eigenvalue weighted by molar-refractivity contribution is 0.0695. The minimum atomic E-state index is -1.01. The first-order valence-corrected chi connectivity index (χ1v) is 12.9. The zero-order valence-electron chi connectivity index (χ0n) is 22.6. The van der Waals surface area contributed by atoms with Crippen molar-refractivity contribution in [2.24, 2.45) is 11.6 Å². The fourth-order valence-corrected chi connectivity index (χ4v) is 3.49. The molecule has 204 valence electrons. The van der Waals surface area contributed by atoms with Gasteiger partial charge < -0.3 is 30.3 Å². The monoisotopic (exact) mass is 533 g/mol. The normalized spacial score (nSPS) is 10.6. The van der Waals surface area contributed by atoms with Crippen molar-refractivity contribution >= 4 is 28.6 Å². The number of carboxylic acid groups (broad SMARTS) is 1. The van der Waals surface area contributed by atoms with Crippen LogP contribution in [0.15, 0.2) is 42.2 Å². The number of allylic oxidation sites excluding steroid dienone is 1. The Kier molecular flexibility index (Phi) is 14.0. The molecule has 0 radical (unpaired) electrons. The van der Waals surface area contributed by atoms with E-state index in [1.807, 2.05) is 27.7 Å². The maximum absolute atomic E-state index is 11.3. The van der Waals surface area contributed by atoms with Gasteiger partial charge in [0.1, 0.15) is 11.5 Å². The number of ether oxygens (including phenoxy) is 2. The first-order valence-electron chi connectivity index (χ1n) is 12.5. The number of hydrazine groups is 1. The third-order valence-electron chi connectivity index (χ3n) is 4.90. The molecule has 10 heteroatoms. The average molecular weight is 534 g/mol. The van der Waals surface area contributed by atoms with E-state index in [2.05, 4.69) is 9.97 Å². The first-order chi connectivity index (χ1) is 17.7. The van der Waals surface area contributed by atoms with Gasteiger partial charge in [-0.15, -0.1) is 0 Å². The van der Waals surface area contributed by atoms with Crippen LogP contribution >= 0.6 is 11.6 Å². The smallest absolute Gasteiger partial charge is 0.336 e. The molecule has 0 fully saturated rings. The Morgan fingerprint density at radius 1 is 1.16 bits per heavy atom. The predicted molar refractivity (Wildman–Crippen MR) is 150 cm³/mol. The second kappa shape index (κ2) is 16.3. The molecule has 0 unspecified atom stereocenters. The van der Waals surface area contributed by atoms with Crippen LogP contribution in [0, 0.1) is 6.92 Å². The zero-order chi connectivity index (χ0) is 28.0. The van der Waals surface area contributed by atoms with E-state index in [-0.39, 0.29) is 11.6 Å². The number of nitrogens with two attached hydrogens (primary N) is 2. The van der Waals surface area contributed by atoms with Crippen LogP contribution in [0.3, 0.4) is 0 Å². The van der Waals surface area contributed by atoms with Crippen LogP contribution in [0.4, 0.5) is 0 Å². The van der Waals surface area contributed by atoms with Crippen LogP contribution < -0.4 is 21.1 Å². The molecule has 0 saturated carbocycles. The summed E-state index contributed by atoms with van der Waals surface area (Å²) in [5, 5.41) is 11.2. The fraction of sp³-hybridized carbons (Fsp3) is 0.407. The van der Waals surface area contributed by atoms with Gasteiger partial charge in [-0.3, -0.25) is 0 Å². The molecule has 9 nitrogen and oxygen atoms in total. The number of aryl methyl sites for hydroxylation is 1. The highest BCUT2D eigenvalue weighted by Gasteiger charge is 2.13. The van der Waals surface area contributed by atoms with Gasteiger partial charge in [0, 0.05) is 25.0 Å². The van der Waals surface area contributed by atoms with Gasteiger partial charge in [0.05, 0.1) is 28.2 Å². The number of halogens is 1. The number of hydrogen-bond acceptors (Lipinski definition) is 7. The number of carbonyl (C=O) groups is 1. The van der Waals surface area contributed by atoms with Gasteiger partial charge in [-0.25, -0.2) is 10.6 Å². The number of aromatic nitrogens is 2. The van der Waals surface area contributed by atoms with Crippen molar-refractivity contribution < 1.29 is 19.4 Å². The van der Waals surface area contributed by atoms with Gasteiger partial charge in [-0.05, 0) is 56.4 Å². The molecule has 0 atom stereocenters. The Labute approximate surface area is 224 Å². The lowest BCUT2D eigenvalue weighted by atomic mass is 10.1. The van der Waals surface area contributed by atoms with E-state index in [0.717, 1.165) is 31.4 Å². The van der Waals surface area contributed by atoms with Crippen molar-refractivity contribution in [1.29, 1.82) is 0 Å². The number of carboxylic acids is 1. The highest BCUT2D eigenvalue weighted by Crippen LogP contribution is 2.31. The number of fused-ring (bicyclic) bond motifs is 1. The first kappa shape index (κ1) is 31.6. The quantitative estimate of drug-likeness (QED) is 0.122. The van der Waals surface area contributed by atoms with Crippen molar-refractivity contribution in [3.05, 3.63) is 58.4 Å². The average Bonchev–Trinajstić information content (AvgIpc) is 3.25. The summed E-state index contributed by atoms with van der Waals surface area (Å²) in [5.41, 5.74) is 8.75. The van der Waals surface area contributed by atoms with Crippen LogP contribution in [0.2, 0.25) is 5.02 Å². The second-order valence-electron chi connectivity index (χ2n) is 7.75. The van der Waals surface area contributed by atoms with Crippen LogP contribution in [0.25, 0.3) is 11.0 Å². The maximum atomic E-state index is 11.3. The summed E-state index contributed by atoms with van der Waals surface area (Å²) in [5.74, 6) is 5.42. The number of aromatic carboxylic acids is 1. The Hall–Kier alpha value is -3.43. The minimum Gasteiger partial charge on any atom is -0.492 e. The Morgan fingerprint density at radius 2 is 1.86 bits per heavy atom. The number of rotatable bonds is 11. The van der Waals surface area contributed by atoms with Gasteiger partial charge in [0.15, 0.2) is 0 Å². The van der Waals surface area contributed by atoms with Gasteiger partial charge in [0.2, 0.25) is 0 Å². The molecule has 1 heterocycles. The highest BCUT2D eigenvalue weighted by atomic mass is 35.5. The number of unbranched alkanes of at least 4 members (excludes halogenated alkanes) is 2. The summed E-state index contributed by atoms with van der Waals surface area (Å²) in [6.07, 6.45) is 5.23. The largest absolute Gasteiger partial charge is 0.492 e. The molecule has 0 aliphatic carbocycles. The number of nitrogens with one attached hydrogen (secondary N) is 1. The van der Waals surface area contributed by atoms with Crippen LogP contribution in [0.5, 0.6) is 17.5 Å². The number of aromatic amines is 1. The molecular weight excluding hydrogens is 494 g/mol. The van der Waals surface area contributed by atoms with Gasteiger partial charge >= 0.3 is 5.97 Å². The van der Waals surface area contributed by atoms with Crippen molar-refractivity contribution in [2.45, 2.75) is 60.3 Å². The molecule has 3 aromatic rings. The number of benzene rings is 2. The summed E-state index contributed by atoms with van der Waals surface area (Å²) in [7, 11) is 1.73. The molecule has 0 spiro atoms. The van der Waals surface area contributed by atoms with Gasteiger partial charge in [-0.2, -0.15) is 4.98 Å². The van der Waals surface area contributed by atoms with E-state index in [9.17, 15) is 9.90 Å². The Bertz CT molecular complexity index is 1160. The third kappa shape index (κ3) is 10.2. The molecule has 0 amide bonds. The van der Waals surface area contributed by atoms with Crippen LogP contribution in [-0.4, -0.2) is 39.7 Å². The van der Waals surface area contributed by atoms with E-state index in [1.54, 1.807) is 44.4 Å². The van der Waals surface area contributed by atoms with E-state index in [1.165, 1.54) is 11.1 Å². The number of nitrogens with zero attached hydrogens (tertiary/aromatic N) is 2. The maximum Gasteiger partial charge on any atom is 0.336 e. The lowest BCUT2D eigenvalue weighted by Crippen LogP contribution is -2.20. The molecule has 3 rings (SSSR count). The lowest BCUT2D eigenvalue weighted by Gasteiger charge is -2.09. The van der Waals surface area contributed by atoms with E-state index >= 15 is 0 Å². The molecule has 6 N–H and O–H groups in total. The number of H-pyrrole nitrogens is 1. The minimum absolute atomic E-state index is 0.174. The third-order valence-corrected chi connectivity index (χ3v) is 5.20. The molecule has 1 aromatic heterocycles. The predicted octanol–water partition coefficient (Wildman–Crippen LogP) is 6.61. The highest BCUT2D eigenvalue weighted by molar-refractivity contribution is 6.32. The molecule has 0 saturated heterocycles. The zero-order valence-corrected chi connectivity index (χ0v) is 23.4. The Balaban J connectivity index is 0.00000163. The fourth-order valence-electron chi connectivity index (χ4n) is 3.27. The standard InChI is InChI=1S/C23H28ClN5O4.2C2H6/c1-14-7-8-16(10-17(14)22(30)31)33-23-27-19-11-18(24)21(12-20(19)28-23)32-9-5-3-4-6-15(25)13-29(2)26;2*1-2/h7-8,10-13H,3-6,9,25-26H2,1-2H3,(H,27,28)(H,30,31);2*1-2H3/b15-13-;;. The molecule has 37 heavy (non-hydrogen) atoms. The van der Waals surface area contributed by atoms with E-state index in [4.69, 9.17) is 32.7 Å². The molecule has 0 aliphatic rings. The number of hydrogen-bond donors (Lipinski definition) is 4. The molecule has 2 aromatic carbocycles. The topological polar surface area (TPSA) is 140 Å². The second-order valence-corrected chi connectivity index (χ2v) is 8.16. The summed E-state index contributed by atoms with van der Waals surface area (Å²) < 4.78 is 11.6. The van der Waals surface area contributed by atoms with Crippen molar-refractivity contribution in [3.8, 4) is 17.5 Å². The summed E-state index contributed by atoms with van der Waals surface area (Å²) in [6.45, 7) is 10.2. The van der Waals surface area contributed by atoms with Gasteiger partial charge in [0.25, 0.3) is 6.01 Å². The SMILES string of the molecule is CC.CC.Cc1ccc(Oc2nc3cc(OCCCCC/C(N)=C/N(C)N)c(Cl)cc3[nH]2)cc1C(=O)O. The van der Waals surface area contributed by atoms with Crippen molar-refractivity contribution in [1.82, 2.24) is 15.0 Å². The van der Waals surface area contributed by atoms with Gasteiger partial charge in [-0.1, -0.05) is 45.4 Å². The van der Waals surface area contributed by atoms with Crippen molar-refractivity contribution in [3.63, 3.8) is 0 Å². The van der Waals surface area contributed by atoms with E-state index < -0.39 is 5.97 Å². The van der Waals surface area contributed by atoms with Crippen LogP contribution in [0.1, 0.15) is 69.3 Å². The molecular formula is C27H40ClN5O4. The van der Waals surface area contributed by atoms with E-state index in [0.29, 0.717) is 39.7 Å². The summed E-state index contributed by atoms with van der Waals surface area (Å²) in [6, 6.07) is 8.53. The van der Waals surface area contributed by atoms with Crippen LogP contribution in [-0.2, 0) is 0 Å². The summed E-state index contributed by atoms with van der Waals surface area (Å²) in [4.78, 5) is 18.8. The molecule has 0 bridgehead atoms.